The van der Waals surface area contributed by atoms with Gasteiger partial charge in [-0.25, -0.2) is 0 Å². The van der Waals surface area contributed by atoms with E-state index in [4.69, 9.17) is 23.2 Å². The van der Waals surface area contributed by atoms with Crippen LogP contribution in [-0.4, -0.2) is 34.4 Å². The van der Waals surface area contributed by atoms with Crippen LogP contribution in [0.2, 0.25) is 5.02 Å². The van der Waals surface area contributed by atoms with Gasteiger partial charge in [0, 0.05) is 25.3 Å². The van der Waals surface area contributed by atoms with Gasteiger partial charge in [-0.15, -0.1) is 21.8 Å². The smallest absolute Gasteiger partial charge is 0.252 e. The van der Waals surface area contributed by atoms with Crippen molar-refractivity contribution in [3.05, 3.63) is 39.9 Å². The Morgan fingerprint density at radius 1 is 1.22 bits per heavy atom. The Morgan fingerprint density at radius 2 is 2.00 bits per heavy atom. The molecule has 0 bridgehead atoms. The first-order chi connectivity index (χ1) is 11.1. The predicted octanol–water partition coefficient (Wildman–Crippen LogP) is 2.73. The van der Waals surface area contributed by atoms with Crippen molar-refractivity contribution in [3.8, 4) is 0 Å². The van der Waals surface area contributed by atoms with Gasteiger partial charge < -0.3 is 10.6 Å². The molecule has 6 nitrogen and oxygen atoms in total. The first-order valence-corrected chi connectivity index (χ1v) is 8.54. The van der Waals surface area contributed by atoms with Crippen molar-refractivity contribution in [2.24, 2.45) is 0 Å². The third-order valence-corrected chi connectivity index (χ3v) is 4.19. The van der Waals surface area contributed by atoms with Crippen LogP contribution in [0.1, 0.15) is 21.8 Å². The molecular weight excluding hydrogens is 359 g/mol. The summed E-state index contributed by atoms with van der Waals surface area (Å²) in [6.45, 7) is 0.397. The number of anilines is 1. The van der Waals surface area contributed by atoms with E-state index in [1.807, 2.05) is 0 Å². The van der Waals surface area contributed by atoms with E-state index in [-0.39, 0.29) is 24.1 Å². The van der Waals surface area contributed by atoms with Gasteiger partial charge in [-0.1, -0.05) is 35.1 Å². The van der Waals surface area contributed by atoms with Crippen LogP contribution in [0.3, 0.4) is 0 Å². The molecule has 2 amide bonds. The van der Waals surface area contributed by atoms with E-state index in [2.05, 4.69) is 20.8 Å². The number of halogens is 2. The molecule has 2 rings (SSSR count). The fraction of sp³-hybridized carbons (Fsp3) is 0.286. The van der Waals surface area contributed by atoms with Gasteiger partial charge in [-0.05, 0) is 12.1 Å². The highest BCUT2D eigenvalue weighted by atomic mass is 35.5. The van der Waals surface area contributed by atoms with Crippen molar-refractivity contribution in [2.75, 3.05) is 17.7 Å². The summed E-state index contributed by atoms with van der Waals surface area (Å²) in [4.78, 5) is 23.4. The zero-order valence-corrected chi connectivity index (χ0v) is 14.3. The molecule has 0 unspecified atom stereocenters. The maximum atomic E-state index is 12.0. The Bertz CT molecular complexity index is 693. The Kier molecular flexibility index (Phi) is 6.76. The number of carbonyl (C=O) groups is 2. The average molecular weight is 373 g/mol. The quantitative estimate of drug-likeness (QED) is 0.731. The normalized spacial score (nSPS) is 10.3. The third kappa shape index (κ3) is 5.46. The Labute approximate surface area is 147 Å². The maximum Gasteiger partial charge on any atom is 0.252 e. The topological polar surface area (TPSA) is 84.0 Å². The van der Waals surface area contributed by atoms with Gasteiger partial charge in [-0.3, -0.25) is 9.59 Å². The number of benzene rings is 1. The molecule has 23 heavy (non-hydrogen) atoms. The van der Waals surface area contributed by atoms with E-state index in [1.165, 1.54) is 11.3 Å². The molecule has 0 spiro atoms. The molecule has 0 aliphatic rings. The van der Waals surface area contributed by atoms with E-state index in [9.17, 15) is 9.59 Å². The van der Waals surface area contributed by atoms with Crippen LogP contribution in [0.5, 0.6) is 0 Å². The van der Waals surface area contributed by atoms with Crippen LogP contribution >= 0.6 is 34.5 Å². The van der Waals surface area contributed by atoms with Crippen LogP contribution in [-0.2, 0) is 11.2 Å². The second kappa shape index (κ2) is 8.81. The van der Waals surface area contributed by atoms with Crippen LogP contribution in [0.4, 0.5) is 5.13 Å². The number of hydrogen-bond acceptors (Lipinski definition) is 5. The number of rotatable bonds is 7. The van der Waals surface area contributed by atoms with Gasteiger partial charge in [0.2, 0.25) is 11.0 Å². The third-order valence-electron chi connectivity index (χ3n) is 2.78. The molecule has 9 heteroatoms. The molecule has 0 saturated heterocycles. The summed E-state index contributed by atoms with van der Waals surface area (Å²) in [5, 5.41) is 14.8. The fourth-order valence-electron chi connectivity index (χ4n) is 1.70. The van der Waals surface area contributed by atoms with Gasteiger partial charge in [0.25, 0.3) is 5.91 Å². The zero-order valence-electron chi connectivity index (χ0n) is 12.0. The van der Waals surface area contributed by atoms with Crippen LogP contribution in [0, 0.1) is 0 Å². The Morgan fingerprint density at radius 3 is 2.74 bits per heavy atom. The predicted molar refractivity (Wildman–Crippen MR) is 91.4 cm³/mol. The molecule has 1 aromatic carbocycles. The second-order valence-electron chi connectivity index (χ2n) is 4.47. The van der Waals surface area contributed by atoms with Gasteiger partial charge in [0.15, 0.2) is 0 Å². The lowest BCUT2D eigenvalue weighted by Crippen LogP contribution is -2.25. The summed E-state index contributed by atoms with van der Waals surface area (Å²) in [6, 6.07) is 6.84. The number of carbonyl (C=O) groups excluding carboxylic acids is 2. The molecule has 0 aliphatic heterocycles. The van der Waals surface area contributed by atoms with E-state index in [0.29, 0.717) is 33.7 Å². The molecule has 1 heterocycles. The highest BCUT2D eigenvalue weighted by Crippen LogP contribution is 2.16. The SMILES string of the molecule is O=C(CCCl)Nc1nnc(CCNC(=O)c2ccccc2Cl)s1. The Hall–Kier alpha value is -1.70. The molecule has 0 fully saturated rings. The van der Waals surface area contributed by atoms with Crippen molar-refractivity contribution in [3.63, 3.8) is 0 Å². The van der Waals surface area contributed by atoms with Gasteiger partial charge >= 0.3 is 0 Å². The van der Waals surface area contributed by atoms with Crippen LogP contribution < -0.4 is 10.6 Å². The fourth-order valence-corrected chi connectivity index (χ4v) is 2.84. The number of alkyl halides is 1. The number of aromatic nitrogens is 2. The largest absolute Gasteiger partial charge is 0.352 e. The molecule has 1 aromatic heterocycles. The molecule has 122 valence electrons. The standard InChI is InChI=1S/C14H14Cl2N4O2S/c15-7-5-11(21)18-14-20-19-12(23-14)6-8-17-13(22)9-3-1-2-4-10(9)16/h1-4H,5-8H2,(H,17,22)(H,18,20,21). The second-order valence-corrected chi connectivity index (χ2v) is 6.32. The van der Waals surface area contributed by atoms with Crippen molar-refractivity contribution in [1.82, 2.24) is 15.5 Å². The Balaban J connectivity index is 1.80. The number of nitrogens with one attached hydrogen (secondary N) is 2. The van der Waals surface area contributed by atoms with Crippen molar-refractivity contribution >= 4 is 51.5 Å². The molecule has 2 aromatic rings. The van der Waals surface area contributed by atoms with Crippen molar-refractivity contribution in [2.45, 2.75) is 12.8 Å². The highest BCUT2D eigenvalue weighted by molar-refractivity contribution is 7.15. The summed E-state index contributed by atoms with van der Waals surface area (Å²) in [7, 11) is 0. The molecular formula is C14H14Cl2N4O2S. The molecule has 0 aliphatic carbocycles. The first-order valence-electron chi connectivity index (χ1n) is 6.81. The minimum atomic E-state index is -0.240. The number of amides is 2. The summed E-state index contributed by atoms with van der Waals surface area (Å²) in [5.74, 6) is -0.184. The summed E-state index contributed by atoms with van der Waals surface area (Å²) < 4.78 is 0. The molecule has 0 radical (unpaired) electrons. The maximum absolute atomic E-state index is 12.0. The minimum absolute atomic E-state index is 0.199. The van der Waals surface area contributed by atoms with Gasteiger partial charge in [0.1, 0.15) is 5.01 Å². The van der Waals surface area contributed by atoms with Crippen molar-refractivity contribution in [1.29, 1.82) is 0 Å². The highest BCUT2D eigenvalue weighted by Gasteiger charge is 2.10. The lowest BCUT2D eigenvalue weighted by Gasteiger charge is -2.05. The first kappa shape index (κ1) is 17.7. The monoisotopic (exact) mass is 372 g/mol. The van der Waals surface area contributed by atoms with Gasteiger partial charge in [0.05, 0.1) is 10.6 Å². The van der Waals surface area contributed by atoms with Crippen molar-refractivity contribution < 1.29 is 9.59 Å². The van der Waals surface area contributed by atoms with E-state index in [0.717, 1.165) is 0 Å². The van der Waals surface area contributed by atoms with Crippen LogP contribution in [0.25, 0.3) is 0 Å². The molecule has 2 N–H and O–H groups in total. The zero-order chi connectivity index (χ0) is 16.7. The van der Waals surface area contributed by atoms with E-state index in [1.54, 1.807) is 24.3 Å². The minimum Gasteiger partial charge on any atom is -0.352 e. The summed E-state index contributed by atoms with van der Waals surface area (Å²) in [6.07, 6.45) is 0.740. The number of hydrogen-bond donors (Lipinski definition) is 2. The summed E-state index contributed by atoms with van der Waals surface area (Å²) >= 11 is 12.7. The molecule has 0 atom stereocenters. The number of nitrogens with zero attached hydrogens (tertiary/aromatic N) is 2. The van der Waals surface area contributed by atoms with E-state index >= 15 is 0 Å². The molecule has 0 saturated carbocycles. The lowest BCUT2D eigenvalue weighted by atomic mass is 10.2. The summed E-state index contributed by atoms with van der Waals surface area (Å²) in [5.41, 5.74) is 0.431. The van der Waals surface area contributed by atoms with E-state index < -0.39 is 0 Å². The average Bonchev–Trinajstić information content (AvgIpc) is 2.95. The van der Waals surface area contributed by atoms with Crippen LogP contribution in [0.15, 0.2) is 24.3 Å². The lowest BCUT2D eigenvalue weighted by molar-refractivity contribution is -0.115. The van der Waals surface area contributed by atoms with Gasteiger partial charge in [-0.2, -0.15) is 0 Å².